The molecule has 2 heterocycles. The molecule has 0 atom stereocenters. The van der Waals surface area contributed by atoms with Crippen molar-refractivity contribution >= 4 is 17.8 Å². The second-order valence-electron chi connectivity index (χ2n) is 5.44. The Kier molecular flexibility index (Phi) is 3.27. The summed E-state index contributed by atoms with van der Waals surface area (Å²) >= 11 is 6.08. The average Bonchev–Trinajstić information content (AvgIpc) is 2.74. The zero-order valence-corrected chi connectivity index (χ0v) is 13.2. The van der Waals surface area contributed by atoms with E-state index in [9.17, 15) is 4.39 Å². The van der Waals surface area contributed by atoms with E-state index in [4.69, 9.17) is 11.6 Å². The van der Waals surface area contributed by atoms with Gasteiger partial charge in [-0.15, -0.1) is 0 Å². The lowest BCUT2D eigenvalue weighted by Crippen LogP contribution is -2.03. The van der Waals surface area contributed by atoms with E-state index >= 15 is 0 Å². The molecule has 0 aliphatic carbocycles. The van der Waals surface area contributed by atoms with Crippen LogP contribution in [0.25, 0.3) is 16.9 Å². The number of aryl methyl sites for hydroxylation is 1. The predicted octanol–water partition coefficient (Wildman–Crippen LogP) is 4.57. The van der Waals surface area contributed by atoms with Gasteiger partial charge in [0.25, 0.3) is 0 Å². The fraction of sp³-hybridized carbons (Fsp3) is 0.111. The third kappa shape index (κ3) is 2.26. The van der Waals surface area contributed by atoms with Gasteiger partial charge in [0.2, 0.25) is 0 Å². The van der Waals surface area contributed by atoms with Gasteiger partial charge in [0.1, 0.15) is 11.6 Å². The Hall–Kier alpha value is -2.46. The molecule has 4 rings (SSSR count). The quantitative estimate of drug-likeness (QED) is 0.644. The minimum Gasteiger partial charge on any atom is -0.298 e. The molecule has 3 aromatic rings. The SMILES string of the molecule is Cc1nc(-c2ccccc2F)c2n1-c1ccc(Cl)cc1C=NC2. The molecule has 0 saturated carbocycles. The van der Waals surface area contributed by atoms with Crippen LogP contribution in [0.5, 0.6) is 0 Å². The van der Waals surface area contributed by atoms with Gasteiger partial charge in [0.05, 0.1) is 23.6 Å². The molecule has 0 unspecified atom stereocenters. The molecule has 0 amide bonds. The van der Waals surface area contributed by atoms with Crippen molar-refractivity contribution < 1.29 is 4.39 Å². The Morgan fingerprint density at radius 2 is 2.00 bits per heavy atom. The average molecular weight is 326 g/mol. The monoisotopic (exact) mass is 325 g/mol. The van der Waals surface area contributed by atoms with Gasteiger partial charge in [-0.05, 0) is 37.3 Å². The molecule has 114 valence electrons. The van der Waals surface area contributed by atoms with Crippen molar-refractivity contribution in [1.82, 2.24) is 9.55 Å². The second-order valence-corrected chi connectivity index (χ2v) is 5.88. The van der Waals surface area contributed by atoms with Crippen LogP contribution < -0.4 is 0 Å². The van der Waals surface area contributed by atoms with Gasteiger partial charge in [0, 0.05) is 22.4 Å². The summed E-state index contributed by atoms with van der Waals surface area (Å²) in [6.07, 6.45) is 1.80. The highest BCUT2D eigenvalue weighted by Crippen LogP contribution is 2.32. The van der Waals surface area contributed by atoms with E-state index in [0.717, 1.165) is 22.8 Å². The molecule has 0 fully saturated rings. The summed E-state index contributed by atoms with van der Waals surface area (Å²) < 4.78 is 16.2. The summed E-state index contributed by atoms with van der Waals surface area (Å²) in [4.78, 5) is 9.06. The molecule has 0 radical (unpaired) electrons. The summed E-state index contributed by atoms with van der Waals surface area (Å²) in [5.41, 5.74) is 3.90. The van der Waals surface area contributed by atoms with Crippen LogP contribution in [-0.2, 0) is 6.54 Å². The van der Waals surface area contributed by atoms with Gasteiger partial charge in [-0.1, -0.05) is 23.7 Å². The largest absolute Gasteiger partial charge is 0.298 e. The third-order valence-electron chi connectivity index (χ3n) is 3.97. The van der Waals surface area contributed by atoms with E-state index < -0.39 is 0 Å². The summed E-state index contributed by atoms with van der Waals surface area (Å²) in [5, 5.41) is 0.658. The first-order valence-electron chi connectivity index (χ1n) is 7.28. The molecule has 0 N–H and O–H groups in total. The van der Waals surface area contributed by atoms with E-state index in [1.165, 1.54) is 6.07 Å². The molecule has 1 aliphatic heterocycles. The van der Waals surface area contributed by atoms with E-state index in [1.807, 2.05) is 35.8 Å². The lowest BCUT2D eigenvalue weighted by Gasteiger charge is -2.11. The predicted molar refractivity (Wildman–Crippen MR) is 90.0 cm³/mol. The molecular weight excluding hydrogens is 313 g/mol. The van der Waals surface area contributed by atoms with Gasteiger partial charge >= 0.3 is 0 Å². The second kappa shape index (κ2) is 5.32. The van der Waals surface area contributed by atoms with Crippen molar-refractivity contribution in [2.75, 3.05) is 0 Å². The number of hydrogen-bond acceptors (Lipinski definition) is 2. The molecule has 5 heteroatoms. The van der Waals surface area contributed by atoms with Crippen molar-refractivity contribution in [3.8, 4) is 16.9 Å². The van der Waals surface area contributed by atoms with E-state index in [2.05, 4.69) is 9.98 Å². The van der Waals surface area contributed by atoms with Crippen molar-refractivity contribution in [3.63, 3.8) is 0 Å². The van der Waals surface area contributed by atoms with Crippen LogP contribution in [0.2, 0.25) is 5.02 Å². The topological polar surface area (TPSA) is 30.2 Å². The van der Waals surface area contributed by atoms with Crippen LogP contribution in [0.4, 0.5) is 4.39 Å². The minimum absolute atomic E-state index is 0.280. The normalized spacial score (nSPS) is 12.7. The van der Waals surface area contributed by atoms with Crippen LogP contribution in [0.1, 0.15) is 17.1 Å². The van der Waals surface area contributed by atoms with E-state index in [0.29, 0.717) is 22.8 Å². The van der Waals surface area contributed by atoms with Gasteiger partial charge in [-0.2, -0.15) is 0 Å². The molecule has 1 aliphatic rings. The van der Waals surface area contributed by atoms with Gasteiger partial charge in [0.15, 0.2) is 0 Å². The minimum atomic E-state index is -0.280. The number of imidazole rings is 1. The maximum atomic E-state index is 14.2. The third-order valence-corrected chi connectivity index (χ3v) is 4.21. The lowest BCUT2D eigenvalue weighted by molar-refractivity contribution is 0.630. The number of nitrogens with zero attached hydrogens (tertiary/aromatic N) is 3. The highest BCUT2D eigenvalue weighted by molar-refractivity contribution is 6.31. The molecule has 0 saturated heterocycles. The molecular formula is C18H13ClFN3. The van der Waals surface area contributed by atoms with Crippen molar-refractivity contribution in [1.29, 1.82) is 0 Å². The number of aromatic nitrogens is 2. The molecule has 3 nitrogen and oxygen atoms in total. The fourth-order valence-corrected chi connectivity index (χ4v) is 3.16. The van der Waals surface area contributed by atoms with Crippen LogP contribution in [-0.4, -0.2) is 15.8 Å². The standard InChI is InChI=1S/C18H13ClFN3/c1-11-22-18(14-4-2-3-5-15(14)20)17-10-21-9-12-8-13(19)6-7-16(12)23(11)17/h2-9H,10H2,1H3. The highest BCUT2D eigenvalue weighted by atomic mass is 35.5. The summed E-state index contributed by atoms with van der Waals surface area (Å²) in [7, 11) is 0. The molecule has 0 spiro atoms. The molecule has 1 aromatic heterocycles. The fourth-order valence-electron chi connectivity index (χ4n) is 2.97. The van der Waals surface area contributed by atoms with Gasteiger partial charge in [-0.3, -0.25) is 9.56 Å². The Labute approximate surface area is 138 Å². The number of rotatable bonds is 1. The Bertz CT molecular complexity index is 943. The van der Waals surface area contributed by atoms with Crippen molar-refractivity contribution in [2.24, 2.45) is 4.99 Å². The molecule has 2 aromatic carbocycles. The Morgan fingerprint density at radius 3 is 2.83 bits per heavy atom. The highest BCUT2D eigenvalue weighted by Gasteiger charge is 2.22. The number of benzene rings is 2. The first kappa shape index (κ1) is 14.2. The maximum Gasteiger partial charge on any atom is 0.132 e. The molecule has 23 heavy (non-hydrogen) atoms. The number of hydrogen-bond donors (Lipinski definition) is 0. The van der Waals surface area contributed by atoms with E-state index in [-0.39, 0.29) is 5.82 Å². The van der Waals surface area contributed by atoms with Crippen molar-refractivity contribution in [3.05, 3.63) is 70.4 Å². The van der Waals surface area contributed by atoms with Crippen LogP contribution in [0.15, 0.2) is 47.5 Å². The van der Waals surface area contributed by atoms with Crippen LogP contribution in [0, 0.1) is 12.7 Å². The summed E-state index contributed by atoms with van der Waals surface area (Å²) in [6.45, 7) is 2.36. The zero-order valence-electron chi connectivity index (χ0n) is 12.4. The van der Waals surface area contributed by atoms with Gasteiger partial charge < -0.3 is 0 Å². The summed E-state index contributed by atoms with van der Waals surface area (Å²) in [5.74, 6) is 0.519. The first-order valence-corrected chi connectivity index (χ1v) is 7.66. The zero-order chi connectivity index (χ0) is 16.0. The smallest absolute Gasteiger partial charge is 0.132 e. The molecule has 0 bridgehead atoms. The van der Waals surface area contributed by atoms with Crippen LogP contribution in [0.3, 0.4) is 0 Å². The summed E-state index contributed by atoms with van der Waals surface area (Å²) in [6, 6.07) is 12.3. The number of aliphatic imine (C=N–C) groups is 1. The van der Waals surface area contributed by atoms with Gasteiger partial charge in [-0.25, -0.2) is 9.37 Å². The van der Waals surface area contributed by atoms with Crippen molar-refractivity contribution in [2.45, 2.75) is 13.5 Å². The number of fused-ring (bicyclic) bond motifs is 3. The Balaban J connectivity index is 2.00. The van der Waals surface area contributed by atoms with E-state index in [1.54, 1.807) is 18.3 Å². The number of halogens is 2. The lowest BCUT2D eigenvalue weighted by atomic mass is 10.1. The Morgan fingerprint density at radius 1 is 1.17 bits per heavy atom. The first-order chi connectivity index (χ1) is 11.1. The van der Waals surface area contributed by atoms with Crippen LogP contribution >= 0.6 is 11.6 Å². The maximum absolute atomic E-state index is 14.2.